The van der Waals surface area contributed by atoms with Crippen molar-refractivity contribution in [3.63, 3.8) is 0 Å². The molecule has 1 aliphatic carbocycles. The van der Waals surface area contributed by atoms with E-state index in [4.69, 9.17) is 10.5 Å². The van der Waals surface area contributed by atoms with Crippen molar-refractivity contribution >= 4 is 0 Å². The maximum atomic E-state index is 6.01. The molecular formula is C18H33NO. The summed E-state index contributed by atoms with van der Waals surface area (Å²) < 4.78 is 6.00. The highest BCUT2D eigenvalue weighted by atomic mass is 16.5. The number of nitrogens with two attached hydrogens (primary N) is 1. The van der Waals surface area contributed by atoms with Gasteiger partial charge in [0.15, 0.2) is 0 Å². The fourth-order valence-electron chi connectivity index (χ4n) is 2.45. The van der Waals surface area contributed by atoms with E-state index < -0.39 is 0 Å². The van der Waals surface area contributed by atoms with Crippen molar-refractivity contribution in [2.75, 3.05) is 6.61 Å². The highest BCUT2D eigenvalue weighted by Gasteiger charge is 2.19. The van der Waals surface area contributed by atoms with Crippen LogP contribution in [-0.2, 0) is 4.74 Å². The fourth-order valence-corrected chi connectivity index (χ4v) is 2.45. The summed E-state index contributed by atoms with van der Waals surface area (Å²) in [6.45, 7) is 11.7. The van der Waals surface area contributed by atoms with E-state index in [1.807, 2.05) is 6.92 Å². The van der Waals surface area contributed by atoms with Crippen LogP contribution in [-0.4, -0.2) is 12.6 Å². The lowest BCUT2D eigenvalue weighted by atomic mass is 9.83. The molecule has 1 fully saturated rings. The number of hydrogen-bond donors (Lipinski definition) is 1. The van der Waals surface area contributed by atoms with Gasteiger partial charge in [-0.15, -0.1) is 0 Å². The lowest BCUT2D eigenvalue weighted by molar-refractivity contribution is 0.122. The molecule has 2 N–H and O–H groups in total. The van der Waals surface area contributed by atoms with Crippen LogP contribution in [0.15, 0.2) is 23.5 Å². The number of ether oxygens (including phenoxy) is 1. The van der Waals surface area contributed by atoms with Crippen molar-refractivity contribution in [2.45, 2.75) is 66.3 Å². The molecule has 2 heteroatoms. The normalized spacial score (nSPS) is 26.8. The van der Waals surface area contributed by atoms with Gasteiger partial charge in [0.05, 0.1) is 12.6 Å². The molecule has 0 amide bonds. The predicted octanol–water partition coefficient (Wildman–Crippen LogP) is 4.66. The summed E-state index contributed by atoms with van der Waals surface area (Å²) in [6, 6.07) is -0.0336. The van der Waals surface area contributed by atoms with Gasteiger partial charge in [-0.2, -0.15) is 0 Å². The van der Waals surface area contributed by atoms with E-state index in [0.29, 0.717) is 11.8 Å². The summed E-state index contributed by atoms with van der Waals surface area (Å²) in [5, 5.41) is 0. The molecule has 0 heterocycles. The lowest BCUT2D eigenvalue weighted by Crippen LogP contribution is -2.23. The van der Waals surface area contributed by atoms with Crippen molar-refractivity contribution in [1.29, 1.82) is 0 Å². The highest BCUT2D eigenvalue weighted by Crippen LogP contribution is 2.28. The SMILES string of the molecule is C/C(=C/C=C(/OCC1CCC(C)CC1)C(C)N)C(C)C. The Hall–Kier alpha value is -0.760. The summed E-state index contributed by atoms with van der Waals surface area (Å²) in [5.74, 6) is 3.10. The Labute approximate surface area is 125 Å². The van der Waals surface area contributed by atoms with Crippen molar-refractivity contribution in [3.8, 4) is 0 Å². The van der Waals surface area contributed by atoms with Gasteiger partial charge in [-0.05, 0) is 50.5 Å². The molecule has 20 heavy (non-hydrogen) atoms. The molecule has 0 aromatic carbocycles. The molecule has 0 spiro atoms. The summed E-state index contributed by atoms with van der Waals surface area (Å²) in [4.78, 5) is 0. The maximum Gasteiger partial charge on any atom is 0.112 e. The van der Waals surface area contributed by atoms with Crippen LogP contribution in [0.25, 0.3) is 0 Å². The van der Waals surface area contributed by atoms with Crippen LogP contribution in [0.5, 0.6) is 0 Å². The molecule has 0 aromatic rings. The first-order valence-corrected chi connectivity index (χ1v) is 8.16. The predicted molar refractivity (Wildman–Crippen MR) is 87.4 cm³/mol. The van der Waals surface area contributed by atoms with Crippen LogP contribution in [0.4, 0.5) is 0 Å². The second kappa shape index (κ2) is 8.51. The van der Waals surface area contributed by atoms with E-state index in [2.05, 4.69) is 39.8 Å². The van der Waals surface area contributed by atoms with Gasteiger partial charge in [0.25, 0.3) is 0 Å². The van der Waals surface area contributed by atoms with E-state index in [9.17, 15) is 0 Å². The third-order valence-electron chi connectivity index (χ3n) is 4.49. The minimum Gasteiger partial charge on any atom is -0.496 e. The molecule has 0 saturated heterocycles. The number of allylic oxidation sites excluding steroid dienone is 3. The summed E-state index contributed by atoms with van der Waals surface area (Å²) >= 11 is 0. The van der Waals surface area contributed by atoms with Gasteiger partial charge < -0.3 is 10.5 Å². The molecule has 1 atom stereocenters. The topological polar surface area (TPSA) is 35.2 Å². The molecule has 1 unspecified atom stereocenters. The smallest absolute Gasteiger partial charge is 0.112 e. The summed E-state index contributed by atoms with van der Waals surface area (Å²) in [7, 11) is 0. The minimum atomic E-state index is -0.0336. The van der Waals surface area contributed by atoms with Crippen molar-refractivity contribution < 1.29 is 4.74 Å². The molecule has 0 radical (unpaired) electrons. The Morgan fingerprint density at radius 3 is 2.25 bits per heavy atom. The third kappa shape index (κ3) is 6.13. The monoisotopic (exact) mass is 279 g/mol. The van der Waals surface area contributed by atoms with Crippen LogP contribution in [0.1, 0.15) is 60.3 Å². The van der Waals surface area contributed by atoms with E-state index in [1.54, 1.807) is 0 Å². The Morgan fingerprint density at radius 1 is 1.15 bits per heavy atom. The van der Waals surface area contributed by atoms with Crippen LogP contribution >= 0.6 is 0 Å². The maximum absolute atomic E-state index is 6.01. The molecule has 0 bridgehead atoms. The minimum absolute atomic E-state index is 0.0336. The quantitative estimate of drug-likeness (QED) is 0.567. The van der Waals surface area contributed by atoms with Crippen molar-refractivity contribution in [3.05, 3.63) is 23.5 Å². The van der Waals surface area contributed by atoms with Gasteiger partial charge in [0, 0.05) is 0 Å². The molecule has 1 saturated carbocycles. The van der Waals surface area contributed by atoms with Crippen molar-refractivity contribution in [2.24, 2.45) is 23.5 Å². The zero-order chi connectivity index (χ0) is 15.1. The van der Waals surface area contributed by atoms with Gasteiger partial charge in [0.1, 0.15) is 5.76 Å². The molecule has 0 aliphatic heterocycles. The molecule has 0 aromatic heterocycles. The second-order valence-corrected chi connectivity index (χ2v) is 6.86. The van der Waals surface area contributed by atoms with Gasteiger partial charge in [-0.1, -0.05) is 45.3 Å². The Bertz CT molecular complexity index is 333. The summed E-state index contributed by atoms with van der Waals surface area (Å²) in [5.41, 5.74) is 7.37. The Balaban J connectivity index is 2.51. The number of hydrogen-bond acceptors (Lipinski definition) is 2. The van der Waals surface area contributed by atoms with Crippen LogP contribution in [0, 0.1) is 17.8 Å². The third-order valence-corrected chi connectivity index (χ3v) is 4.49. The van der Waals surface area contributed by atoms with Crippen LogP contribution in [0.2, 0.25) is 0 Å². The average molecular weight is 279 g/mol. The van der Waals surface area contributed by atoms with E-state index in [-0.39, 0.29) is 6.04 Å². The molecule has 2 nitrogen and oxygen atoms in total. The van der Waals surface area contributed by atoms with E-state index >= 15 is 0 Å². The van der Waals surface area contributed by atoms with E-state index in [0.717, 1.165) is 18.3 Å². The molecule has 116 valence electrons. The van der Waals surface area contributed by atoms with Gasteiger partial charge in [-0.3, -0.25) is 0 Å². The fraction of sp³-hybridized carbons (Fsp3) is 0.778. The number of rotatable bonds is 6. The lowest BCUT2D eigenvalue weighted by Gasteiger charge is -2.27. The van der Waals surface area contributed by atoms with Gasteiger partial charge in [0.2, 0.25) is 0 Å². The zero-order valence-electron chi connectivity index (χ0n) is 14.0. The first kappa shape index (κ1) is 17.3. The van der Waals surface area contributed by atoms with Crippen molar-refractivity contribution in [1.82, 2.24) is 0 Å². The van der Waals surface area contributed by atoms with Gasteiger partial charge >= 0.3 is 0 Å². The molecular weight excluding hydrogens is 246 g/mol. The highest BCUT2D eigenvalue weighted by molar-refractivity contribution is 5.17. The molecule has 1 rings (SSSR count). The first-order chi connectivity index (χ1) is 9.40. The zero-order valence-corrected chi connectivity index (χ0v) is 14.0. The molecule has 1 aliphatic rings. The average Bonchev–Trinajstić information content (AvgIpc) is 2.39. The Kier molecular flexibility index (Phi) is 7.36. The Morgan fingerprint density at radius 2 is 1.75 bits per heavy atom. The van der Waals surface area contributed by atoms with E-state index in [1.165, 1.54) is 31.3 Å². The standard InChI is InChI=1S/C18H33NO/c1-13(2)15(4)8-11-18(16(5)19)20-12-17-9-6-14(3)7-10-17/h8,11,13-14,16-17H,6-7,9-10,12,19H2,1-5H3/b15-8-,18-11+. The van der Waals surface area contributed by atoms with Gasteiger partial charge in [-0.25, -0.2) is 0 Å². The van der Waals surface area contributed by atoms with Crippen LogP contribution in [0.3, 0.4) is 0 Å². The second-order valence-electron chi connectivity index (χ2n) is 6.86. The largest absolute Gasteiger partial charge is 0.496 e. The first-order valence-electron chi connectivity index (χ1n) is 8.16. The summed E-state index contributed by atoms with van der Waals surface area (Å²) in [6.07, 6.45) is 9.50. The van der Waals surface area contributed by atoms with Crippen LogP contribution < -0.4 is 5.73 Å².